The molecule has 1 aliphatic rings. The number of esters is 1. The molecule has 6 N–H and O–H groups in total. The molecule has 0 aromatic carbocycles. The Morgan fingerprint density at radius 3 is 1.80 bits per heavy atom. The SMILES string of the molecule is CCC/C=C\CCCCCCCCOCC(COP(=O)(O)OC1C(O)C(O)C(O)C(O)C1O)OC(=O)CCCCCCCCCC. The Balaban J connectivity index is 2.52. The van der Waals surface area contributed by atoms with Crippen LogP contribution in [-0.4, -0.2) is 98.9 Å². The number of hydrogen-bond acceptors (Lipinski definition) is 11. The first kappa shape index (κ1) is 43.1. The van der Waals surface area contributed by atoms with E-state index in [1.54, 1.807) is 0 Å². The number of rotatable bonds is 28. The Kier molecular flexibility index (Phi) is 24.4. The molecule has 13 heteroatoms. The van der Waals surface area contributed by atoms with Gasteiger partial charge in [0.05, 0.1) is 13.2 Å². The van der Waals surface area contributed by atoms with Crippen molar-refractivity contribution in [2.45, 2.75) is 172 Å². The summed E-state index contributed by atoms with van der Waals surface area (Å²) in [6, 6.07) is 0. The van der Waals surface area contributed by atoms with Crippen LogP contribution in [0.25, 0.3) is 0 Å². The summed E-state index contributed by atoms with van der Waals surface area (Å²) in [6.45, 7) is 4.11. The normalized spacial score (nSPS) is 25.5. The van der Waals surface area contributed by atoms with Gasteiger partial charge < -0.3 is 39.9 Å². The number of allylic oxidation sites excluding steroid dienone is 2. The number of unbranched alkanes of at least 4 members (excludes halogenated alkanes) is 14. The summed E-state index contributed by atoms with van der Waals surface area (Å²) in [6.07, 6.45) is 10.4. The van der Waals surface area contributed by atoms with Gasteiger partial charge in [-0.2, -0.15) is 0 Å². The molecular formula is C33H63O12P. The van der Waals surface area contributed by atoms with Gasteiger partial charge in [0.1, 0.15) is 42.7 Å². The summed E-state index contributed by atoms with van der Waals surface area (Å²) < 4.78 is 33.8. The van der Waals surface area contributed by atoms with Crippen molar-refractivity contribution in [3.63, 3.8) is 0 Å². The quantitative estimate of drug-likeness (QED) is 0.0285. The third-order valence-electron chi connectivity index (χ3n) is 8.12. The van der Waals surface area contributed by atoms with Gasteiger partial charge in [-0.1, -0.05) is 103 Å². The summed E-state index contributed by atoms with van der Waals surface area (Å²) in [5.74, 6) is -0.486. The molecule has 6 unspecified atom stereocenters. The van der Waals surface area contributed by atoms with Crippen LogP contribution in [-0.2, 0) is 27.9 Å². The second-order valence-electron chi connectivity index (χ2n) is 12.4. The standard InChI is InChI=1S/C33H63O12P/c1-3-5-7-9-11-13-14-15-17-19-21-23-42-24-26(44-27(34)22-20-18-16-12-10-8-6-4-2)25-43-46(40,41)45-33-31(38)29(36)28(35)30(37)32(33)39/h7,9,26,28-33,35-39H,3-6,8,10-25H2,1-2H3,(H,40,41)/b9-7-. The molecule has 1 aliphatic carbocycles. The smallest absolute Gasteiger partial charge is 0.457 e. The van der Waals surface area contributed by atoms with Crippen molar-refractivity contribution in [2.24, 2.45) is 0 Å². The summed E-state index contributed by atoms with van der Waals surface area (Å²) in [5.41, 5.74) is 0. The molecule has 0 aromatic heterocycles. The lowest BCUT2D eigenvalue weighted by molar-refractivity contribution is -0.220. The molecule has 1 saturated carbocycles. The molecule has 46 heavy (non-hydrogen) atoms. The highest BCUT2D eigenvalue weighted by Crippen LogP contribution is 2.47. The second-order valence-corrected chi connectivity index (χ2v) is 13.8. The van der Waals surface area contributed by atoms with E-state index in [0.717, 1.165) is 57.8 Å². The third-order valence-corrected chi connectivity index (χ3v) is 9.10. The lowest BCUT2D eigenvalue weighted by Gasteiger charge is -2.41. The lowest BCUT2D eigenvalue weighted by Crippen LogP contribution is -2.64. The maximum Gasteiger partial charge on any atom is 0.472 e. The van der Waals surface area contributed by atoms with E-state index in [0.29, 0.717) is 13.0 Å². The van der Waals surface area contributed by atoms with Crippen LogP contribution in [0.1, 0.15) is 129 Å². The highest BCUT2D eigenvalue weighted by atomic mass is 31.2. The van der Waals surface area contributed by atoms with E-state index < -0.39 is 63.1 Å². The molecule has 0 bridgehead atoms. The van der Waals surface area contributed by atoms with Crippen LogP contribution in [0.2, 0.25) is 0 Å². The molecule has 0 saturated heterocycles. The number of carbonyl (C=O) groups is 1. The van der Waals surface area contributed by atoms with E-state index in [4.69, 9.17) is 18.5 Å². The topological polar surface area (TPSA) is 192 Å². The Bertz CT molecular complexity index is 827. The van der Waals surface area contributed by atoms with Crippen molar-refractivity contribution in [1.29, 1.82) is 0 Å². The minimum absolute atomic E-state index is 0.0778. The molecule has 0 heterocycles. The van der Waals surface area contributed by atoms with Crippen LogP contribution in [0, 0.1) is 0 Å². The van der Waals surface area contributed by atoms with Crippen molar-refractivity contribution in [1.82, 2.24) is 0 Å². The molecule has 0 spiro atoms. The van der Waals surface area contributed by atoms with E-state index in [-0.39, 0.29) is 13.0 Å². The van der Waals surface area contributed by atoms with Crippen LogP contribution < -0.4 is 0 Å². The number of hydrogen-bond donors (Lipinski definition) is 6. The fraction of sp³-hybridized carbons (Fsp3) is 0.909. The first-order valence-corrected chi connectivity index (χ1v) is 19.0. The van der Waals surface area contributed by atoms with Crippen molar-refractivity contribution in [3.8, 4) is 0 Å². The third kappa shape index (κ3) is 19.2. The summed E-state index contributed by atoms with van der Waals surface area (Å²) in [4.78, 5) is 22.8. The second kappa shape index (κ2) is 26.0. The monoisotopic (exact) mass is 682 g/mol. The van der Waals surface area contributed by atoms with Gasteiger partial charge in [-0.15, -0.1) is 0 Å². The van der Waals surface area contributed by atoms with Gasteiger partial charge in [0.2, 0.25) is 0 Å². The number of aliphatic hydroxyl groups is 5. The summed E-state index contributed by atoms with van der Waals surface area (Å²) in [7, 11) is -4.99. The Morgan fingerprint density at radius 1 is 0.674 bits per heavy atom. The van der Waals surface area contributed by atoms with Gasteiger partial charge >= 0.3 is 13.8 Å². The number of phosphoric acid groups is 1. The van der Waals surface area contributed by atoms with Crippen molar-refractivity contribution < 1.29 is 58.3 Å². The first-order chi connectivity index (χ1) is 22.0. The zero-order chi connectivity index (χ0) is 34.2. The maximum atomic E-state index is 12.7. The highest BCUT2D eigenvalue weighted by Gasteiger charge is 2.51. The molecule has 0 radical (unpaired) electrons. The Hall–Kier alpha value is -0.920. The zero-order valence-electron chi connectivity index (χ0n) is 28.1. The highest BCUT2D eigenvalue weighted by molar-refractivity contribution is 7.47. The molecule has 0 aliphatic heterocycles. The minimum Gasteiger partial charge on any atom is -0.457 e. The molecular weight excluding hydrogens is 619 g/mol. The molecule has 1 fully saturated rings. The average Bonchev–Trinajstić information content (AvgIpc) is 3.03. The number of carbonyl (C=O) groups excluding carboxylic acids is 1. The minimum atomic E-state index is -4.99. The lowest BCUT2D eigenvalue weighted by atomic mass is 9.85. The van der Waals surface area contributed by atoms with Crippen LogP contribution in [0.3, 0.4) is 0 Å². The predicted molar refractivity (Wildman–Crippen MR) is 175 cm³/mol. The van der Waals surface area contributed by atoms with Crippen LogP contribution in [0.4, 0.5) is 0 Å². The molecule has 0 amide bonds. The zero-order valence-corrected chi connectivity index (χ0v) is 29.0. The van der Waals surface area contributed by atoms with Gasteiger partial charge in [0.15, 0.2) is 0 Å². The first-order valence-electron chi connectivity index (χ1n) is 17.5. The van der Waals surface area contributed by atoms with Gasteiger partial charge in [-0.3, -0.25) is 13.8 Å². The maximum absolute atomic E-state index is 12.7. The van der Waals surface area contributed by atoms with Crippen LogP contribution in [0.5, 0.6) is 0 Å². The van der Waals surface area contributed by atoms with E-state index >= 15 is 0 Å². The fourth-order valence-corrected chi connectivity index (χ4v) is 6.21. The molecule has 12 nitrogen and oxygen atoms in total. The molecule has 6 atom stereocenters. The molecule has 272 valence electrons. The van der Waals surface area contributed by atoms with E-state index in [1.807, 2.05) is 0 Å². The van der Waals surface area contributed by atoms with Gasteiger partial charge in [0.25, 0.3) is 0 Å². The van der Waals surface area contributed by atoms with E-state index in [2.05, 4.69) is 26.0 Å². The number of phosphoric ester groups is 1. The van der Waals surface area contributed by atoms with Crippen LogP contribution >= 0.6 is 7.82 Å². The Labute approximate surface area is 276 Å². The molecule has 1 rings (SSSR count). The van der Waals surface area contributed by atoms with Crippen molar-refractivity contribution in [2.75, 3.05) is 19.8 Å². The molecule has 0 aromatic rings. The summed E-state index contributed by atoms with van der Waals surface area (Å²) in [5, 5.41) is 49.7. The van der Waals surface area contributed by atoms with Gasteiger partial charge in [-0.05, 0) is 32.1 Å². The average molecular weight is 683 g/mol. The van der Waals surface area contributed by atoms with E-state index in [1.165, 1.54) is 44.9 Å². The van der Waals surface area contributed by atoms with Crippen molar-refractivity contribution in [3.05, 3.63) is 12.2 Å². The van der Waals surface area contributed by atoms with Crippen LogP contribution in [0.15, 0.2) is 12.2 Å². The largest absolute Gasteiger partial charge is 0.472 e. The fourth-order valence-electron chi connectivity index (χ4n) is 5.24. The number of aliphatic hydroxyl groups excluding tert-OH is 5. The number of ether oxygens (including phenoxy) is 2. The van der Waals surface area contributed by atoms with E-state index in [9.17, 15) is 39.8 Å². The Morgan fingerprint density at radius 2 is 1.20 bits per heavy atom. The van der Waals surface area contributed by atoms with Gasteiger partial charge in [-0.25, -0.2) is 4.57 Å². The van der Waals surface area contributed by atoms with Gasteiger partial charge in [0, 0.05) is 13.0 Å². The predicted octanol–water partition coefficient (Wildman–Crippen LogP) is 4.85. The van der Waals surface area contributed by atoms with Crippen molar-refractivity contribution >= 4 is 13.8 Å². The summed E-state index contributed by atoms with van der Waals surface area (Å²) >= 11 is 0.